The minimum Gasteiger partial charge on any atom is -0.309 e. The fourth-order valence-corrected chi connectivity index (χ4v) is 3.63. The molecule has 2 heteroatoms. The van der Waals surface area contributed by atoms with Crippen LogP contribution in [-0.4, -0.2) is 6.54 Å². The Morgan fingerprint density at radius 3 is 2.24 bits per heavy atom. The van der Waals surface area contributed by atoms with E-state index in [1.165, 1.54) is 32.9 Å². The molecule has 114 valence electrons. The molecule has 0 fully saturated rings. The first-order valence-electron chi connectivity index (χ1n) is 8.02. The third kappa shape index (κ3) is 4.42. The molecule has 2 rings (SSSR count). The van der Waals surface area contributed by atoms with Gasteiger partial charge in [0.05, 0.1) is 0 Å². The molecule has 1 N–H and O–H groups in total. The van der Waals surface area contributed by atoms with Crippen molar-refractivity contribution < 1.29 is 0 Å². The van der Waals surface area contributed by atoms with Crippen molar-refractivity contribution in [2.24, 2.45) is 0 Å². The highest BCUT2D eigenvalue weighted by molar-refractivity contribution is 7.12. The SMILES string of the molecule is CCCNC(Cc1ccc(CC)cc1)c1cc(C)c(C)s1. The smallest absolute Gasteiger partial charge is 0.0455 e. The van der Waals surface area contributed by atoms with E-state index in [1.807, 2.05) is 11.3 Å². The molecule has 1 heterocycles. The fourth-order valence-electron chi connectivity index (χ4n) is 2.51. The van der Waals surface area contributed by atoms with Gasteiger partial charge < -0.3 is 5.32 Å². The van der Waals surface area contributed by atoms with Crippen molar-refractivity contribution in [1.82, 2.24) is 5.32 Å². The van der Waals surface area contributed by atoms with Crippen LogP contribution in [-0.2, 0) is 12.8 Å². The maximum Gasteiger partial charge on any atom is 0.0455 e. The lowest BCUT2D eigenvalue weighted by atomic mass is 10.0. The summed E-state index contributed by atoms with van der Waals surface area (Å²) >= 11 is 1.94. The molecule has 0 spiro atoms. The average Bonchev–Trinajstić information content (AvgIpc) is 2.83. The molecule has 1 unspecified atom stereocenters. The molecule has 0 amide bonds. The molecule has 0 aliphatic carbocycles. The standard InChI is InChI=1S/C19H27NS/c1-5-11-20-18(19-12-14(3)15(4)21-19)13-17-9-7-16(6-2)8-10-17/h7-10,12,18,20H,5-6,11,13H2,1-4H3. The zero-order chi connectivity index (χ0) is 15.2. The average molecular weight is 301 g/mol. The quantitative estimate of drug-likeness (QED) is 0.740. The second kappa shape index (κ2) is 7.77. The topological polar surface area (TPSA) is 12.0 Å². The minimum absolute atomic E-state index is 0.440. The first-order valence-corrected chi connectivity index (χ1v) is 8.83. The van der Waals surface area contributed by atoms with Crippen molar-refractivity contribution in [2.75, 3.05) is 6.54 Å². The van der Waals surface area contributed by atoms with E-state index in [0.29, 0.717) is 6.04 Å². The zero-order valence-electron chi connectivity index (χ0n) is 13.7. The van der Waals surface area contributed by atoms with Gasteiger partial charge in [0, 0.05) is 15.8 Å². The summed E-state index contributed by atoms with van der Waals surface area (Å²) in [5.74, 6) is 0. The summed E-state index contributed by atoms with van der Waals surface area (Å²) in [5, 5.41) is 3.71. The number of hydrogen-bond acceptors (Lipinski definition) is 2. The largest absolute Gasteiger partial charge is 0.309 e. The van der Waals surface area contributed by atoms with Crippen LogP contribution in [0.4, 0.5) is 0 Å². The van der Waals surface area contributed by atoms with Crippen molar-refractivity contribution in [2.45, 2.75) is 53.0 Å². The van der Waals surface area contributed by atoms with E-state index in [-0.39, 0.29) is 0 Å². The number of benzene rings is 1. The molecule has 1 nitrogen and oxygen atoms in total. The summed E-state index contributed by atoms with van der Waals surface area (Å²) in [5.41, 5.74) is 4.25. The fraction of sp³-hybridized carbons (Fsp3) is 0.474. The van der Waals surface area contributed by atoms with Crippen molar-refractivity contribution in [3.63, 3.8) is 0 Å². The summed E-state index contributed by atoms with van der Waals surface area (Å²) in [6.07, 6.45) is 3.36. The number of nitrogens with one attached hydrogen (secondary N) is 1. The Kier molecular flexibility index (Phi) is 6.01. The summed E-state index contributed by atoms with van der Waals surface area (Å²) in [6.45, 7) is 9.94. The zero-order valence-corrected chi connectivity index (χ0v) is 14.5. The predicted octanol–water partition coefficient (Wildman–Crippen LogP) is 5.21. The summed E-state index contributed by atoms with van der Waals surface area (Å²) in [7, 11) is 0. The Bertz CT molecular complexity index is 534. The molecule has 0 aliphatic rings. The Labute approximate surface area is 133 Å². The van der Waals surface area contributed by atoms with Gasteiger partial charge >= 0.3 is 0 Å². The predicted molar refractivity (Wildman–Crippen MR) is 94.4 cm³/mol. The molecule has 1 atom stereocenters. The molecule has 1 aromatic heterocycles. The van der Waals surface area contributed by atoms with Crippen LogP contribution in [0.3, 0.4) is 0 Å². The molecular formula is C19H27NS. The Morgan fingerprint density at radius 2 is 1.71 bits per heavy atom. The van der Waals surface area contributed by atoms with Crippen LogP contribution in [0.5, 0.6) is 0 Å². The molecule has 1 aromatic carbocycles. The van der Waals surface area contributed by atoms with Crippen LogP contribution < -0.4 is 5.32 Å². The van der Waals surface area contributed by atoms with Crippen molar-refractivity contribution in [3.05, 3.63) is 56.8 Å². The summed E-state index contributed by atoms with van der Waals surface area (Å²) < 4.78 is 0. The van der Waals surface area contributed by atoms with E-state index in [4.69, 9.17) is 0 Å². The lowest BCUT2D eigenvalue weighted by molar-refractivity contribution is 0.536. The normalized spacial score (nSPS) is 12.6. The van der Waals surface area contributed by atoms with Crippen LogP contribution >= 0.6 is 11.3 Å². The lowest BCUT2D eigenvalue weighted by Crippen LogP contribution is -2.23. The van der Waals surface area contributed by atoms with Crippen LogP contribution in [0.15, 0.2) is 30.3 Å². The van der Waals surface area contributed by atoms with Gasteiger partial charge in [-0.25, -0.2) is 0 Å². The molecule has 0 aliphatic heterocycles. The van der Waals surface area contributed by atoms with Crippen LogP contribution in [0.1, 0.15) is 52.8 Å². The van der Waals surface area contributed by atoms with Gasteiger partial charge in [-0.05, 0) is 62.4 Å². The highest BCUT2D eigenvalue weighted by atomic mass is 32.1. The van der Waals surface area contributed by atoms with E-state index in [0.717, 1.165) is 19.4 Å². The molecule has 0 saturated carbocycles. The second-order valence-electron chi connectivity index (χ2n) is 5.77. The van der Waals surface area contributed by atoms with Crippen molar-refractivity contribution >= 4 is 11.3 Å². The first-order chi connectivity index (χ1) is 10.1. The van der Waals surface area contributed by atoms with Gasteiger partial charge in [-0.2, -0.15) is 0 Å². The number of hydrogen-bond donors (Lipinski definition) is 1. The van der Waals surface area contributed by atoms with E-state index in [2.05, 4.69) is 63.3 Å². The van der Waals surface area contributed by atoms with Gasteiger partial charge in [0.15, 0.2) is 0 Å². The molecule has 2 aromatic rings. The van der Waals surface area contributed by atoms with Crippen molar-refractivity contribution in [1.29, 1.82) is 0 Å². The van der Waals surface area contributed by atoms with Gasteiger partial charge in [-0.3, -0.25) is 0 Å². The Hall–Kier alpha value is -1.12. The van der Waals surface area contributed by atoms with Crippen LogP contribution in [0, 0.1) is 13.8 Å². The highest BCUT2D eigenvalue weighted by Crippen LogP contribution is 2.28. The summed E-state index contributed by atoms with van der Waals surface area (Å²) in [6, 6.07) is 11.9. The van der Waals surface area contributed by atoms with E-state index in [9.17, 15) is 0 Å². The van der Waals surface area contributed by atoms with Gasteiger partial charge in [0.2, 0.25) is 0 Å². The third-order valence-electron chi connectivity index (χ3n) is 4.04. The summed E-state index contributed by atoms with van der Waals surface area (Å²) in [4.78, 5) is 2.91. The molecule has 21 heavy (non-hydrogen) atoms. The van der Waals surface area contributed by atoms with E-state index in [1.54, 1.807) is 0 Å². The van der Waals surface area contributed by atoms with Gasteiger partial charge in [0.25, 0.3) is 0 Å². The highest BCUT2D eigenvalue weighted by Gasteiger charge is 2.15. The number of aryl methyl sites for hydroxylation is 3. The number of thiophene rings is 1. The molecule has 0 bridgehead atoms. The first kappa shape index (κ1) is 16.3. The molecule has 0 radical (unpaired) electrons. The van der Waals surface area contributed by atoms with E-state index >= 15 is 0 Å². The minimum atomic E-state index is 0.440. The van der Waals surface area contributed by atoms with Crippen molar-refractivity contribution in [3.8, 4) is 0 Å². The van der Waals surface area contributed by atoms with Crippen LogP contribution in [0.2, 0.25) is 0 Å². The maximum atomic E-state index is 3.71. The lowest BCUT2D eigenvalue weighted by Gasteiger charge is -2.17. The Morgan fingerprint density at radius 1 is 1.05 bits per heavy atom. The van der Waals surface area contributed by atoms with Gasteiger partial charge in [-0.1, -0.05) is 38.1 Å². The van der Waals surface area contributed by atoms with Crippen LogP contribution in [0.25, 0.3) is 0 Å². The van der Waals surface area contributed by atoms with E-state index < -0.39 is 0 Å². The number of rotatable bonds is 7. The molecular weight excluding hydrogens is 274 g/mol. The van der Waals surface area contributed by atoms with Gasteiger partial charge in [0.1, 0.15) is 0 Å². The monoisotopic (exact) mass is 301 g/mol. The van der Waals surface area contributed by atoms with Gasteiger partial charge in [-0.15, -0.1) is 11.3 Å². The molecule has 0 saturated heterocycles. The third-order valence-corrected chi connectivity index (χ3v) is 5.31. The Balaban J connectivity index is 2.15. The maximum absolute atomic E-state index is 3.71. The second-order valence-corrected chi connectivity index (χ2v) is 7.06.